The zero-order valence-corrected chi connectivity index (χ0v) is 15.8. The van der Waals surface area contributed by atoms with Crippen LogP contribution >= 0.6 is 11.5 Å². The summed E-state index contributed by atoms with van der Waals surface area (Å²) in [4.78, 5) is 31.4. The number of hydrogen-bond donors (Lipinski definition) is 4. The van der Waals surface area contributed by atoms with Crippen LogP contribution in [0.1, 0.15) is 22.6 Å². The van der Waals surface area contributed by atoms with Crippen LogP contribution in [0.5, 0.6) is 0 Å². The number of aryl methyl sites for hydroxylation is 1. The second-order valence-electron chi connectivity index (χ2n) is 5.44. The highest BCUT2D eigenvalue weighted by Gasteiger charge is 2.19. The number of carbonyl (C=O) groups excluding carboxylic acids is 2. The number of primary amides is 2. The maximum Gasteiger partial charge on any atom is 0.271 e. The fourth-order valence-electron chi connectivity index (χ4n) is 2.01. The zero-order valence-electron chi connectivity index (χ0n) is 14.2. The van der Waals surface area contributed by atoms with Gasteiger partial charge in [0.15, 0.2) is 11.5 Å². The van der Waals surface area contributed by atoms with E-state index in [1.54, 1.807) is 12.3 Å². The first-order chi connectivity index (χ1) is 12.3. The first-order valence-corrected chi connectivity index (χ1v) is 9.99. The van der Waals surface area contributed by atoms with Gasteiger partial charge in [-0.25, -0.2) is 9.97 Å². The summed E-state index contributed by atoms with van der Waals surface area (Å²) in [6, 6.07) is 1.01. The normalized spacial score (nSPS) is 13.0. The van der Waals surface area contributed by atoms with Crippen LogP contribution in [-0.2, 0) is 15.6 Å². The molecule has 0 bridgehead atoms. The minimum absolute atomic E-state index is 0.0492. The van der Waals surface area contributed by atoms with Crippen LogP contribution in [0.25, 0.3) is 0 Å². The average Bonchev–Trinajstić information content (AvgIpc) is 2.95. The Morgan fingerprint density at radius 1 is 1.38 bits per heavy atom. The van der Waals surface area contributed by atoms with Crippen LogP contribution in [-0.4, -0.2) is 48.4 Å². The molecule has 2 aromatic rings. The number of nitrogens with zero attached hydrogens (tertiary/aromatic N) is 3. The molecule has 0 radical (unpaired) electrons. The molecule has 6 N–H and O–H groups in total. The van der Waals surface area contributed by atoms with Crippen LogP contribution in [0.2, 0.25) is 0 Å². The lowest BCUT2D eigenvalue weighted by Crippen LogP contribution is -2.37. The maximum absolute atomic E-state index is 11.6. The van der Waals surface area contributed by atoms with Gasteiger partial charge in [0.05, 0.1) is 11.9 Å². The molecule has 2 rings (SSSR count). The third-order valence-electron chi connectivity index (χ3n) is 3.23. The van der Waals surface area contributed by atoms with Gasteiger partial charge in [-0.05, 0) is 30.9 Å². The third-order valence-corrected chi connectivity index (χ3v) is 4.84. The second kappa shape index (κ2) is 8.67. The summed E-state index contributed by atoms with van der Waals surface area (Å²) in [6.07, 6.45) is 3.09. The Hall–Kier alpha value is -2.60. The van der Waals surface area contributed by atoms with Gasteiger partial charge < -0.3 is 22.1 Å². The molecule has 10 nitrogen and oxygen atoms in total. The van der Waals surface area contributed by atoms with E-state index >= 15 is 0 Å². The smallest absolute Gasteiger partial charge is 0.271 e. The first kappa shape index (κ1) is 19.7. The Balaban J connectivity index is 2.25. The molecule has 2 amide bonds. The molecule has 12 heteroatoms. The largest absolute Gasteiger partial charge is 0.368 e. The Bertz CT molecular complexity index is 840. The van der Waals surface area contributed by atoms with Crippen molar-refractivity contribution >= 4 is 50.8 Å². The van der Waals surface area contributed by atoms with Crippen molar-refractivity contribution in [1.29, 1.82) is 0 Å². The molecule has 0 aliphatic carbocycles. The van der Waals surface area contributed by atoms with Gasteiger partial charge in [0, 0.05) is 22.8 Å². The molecule has 2 atom stereocenters. The van der Waals surface area contributed by atoms with Crippen LogP contribution in [0.15, 0.2) is 12.3 Å². The van der Waals surface area contributed by atoms with Crippen molar-refractivity contribution in [1.82, 2.24) is 14.3 Å². The summed E-state index contributed by atoms with van der Waals surface area (Å²) < 4.78 is 15.4. The van der Waals surface area contributed by atoms with Crippen molar-refractivity contribution in [2.45, 2.75) is 19.4 Å². The molecule has 2 heterocycles. The van der Waals surface area contributed by atoms with Gasteiger partial charge in [-0.15, -0.1) is 0 Å². The number of rotatable bonds is 9. The number of hydrogen-bond acceptors (Lipinski definition) is 9. The van der Waals surface area contributed by atoms with Crippen LogP contribution < -0.4 is 22.1 Å². The summed E-state index contributed by atoms with van der Waals surface area (Å²) in [5.74, 6) is -0.694. The van der Waals surface area contributed by atoms with Crippen molar-refractivity contribution in [3.63, 3.8) is 0 Å². The number of aromatic nitrogens is 3. The third kappa shape index (κ3) is 5.46. The van der Waals surface area contributed by atoms with Gasteiger partial charge >= 0.3 is 0 Å². The van der Waals surface area contributed by atoms with E-state index in [2.05, 4.69) is 25.0 Å². The van der Waals surface area contributed by atoms with E-state index in [1.807, 2.05) is 6.92 Å². The van der Waals surface area contributed by atoms with Crippen molar-refractivity contribution in [2.75, 3.05) is 22.6 Å². The van der Waals surface area contributed by atoms with E-state index in [1.165, 1.54) is 17.7 Å². The lowest BCUT2D eigenvalue weighted by Gasteiger charge is -2.16. The highest BCUT2D eigenvalue weighted by atomic mass is 32.2. The van der Waals surface area contributed by atoms with Crippen LogP contribution in [0.3, 0.4) is 0 Å². The molecule has 0 saturated heterocycles. The number of nitrogens with one attached hydrogen (secondary N) is 2. The van der Waals surface area contributed by atoms with Gasteiger partial charge in [0.2, 0.25) is 5.91 Å². The van der Waals surface area contributed by atoms with Gasteiger partial charge in [0.25, 0.3) is 5.91 Å². The van der Waals surface area contributed by atoms with Crippen LogP contribution in [0.4, 0.5) is 16.6 Å². The highest BCUT2D eigenvalue weighted by molar-refractivity contribution is 7.84. The SMILES string of the molecule is Cc1cc(Nc2nc(NC(CCS(C)=O)C(N)=O)cnc2C(N)=O)sn1. The van der Waals surface area contributed by atoms with Crippen molar-refractivity contribution in [2.24, 2.45) is 11.5 Å². The molecule has 2 aromatic heterocycles. The van der Waals surface area contributed by atoms with Gasteiger partial charge in [-0.3, -0.25) is 13.8 Å². The zero-order chi connectivity index (χ0) is 19.3. The molecule has 0 fully saturated rings. The molecule has 2 unspecified atom stereocenters. The topological polar surface area (TPSA) is 166 Å². The fourth-order valence-corrected chi connectivity index (χ4v) is 3.24. The van der Waals surface area contributed by atoms with E-state index in [0.29, 0.717) is 10.8 Å². The standard InChI is InChI=1S/C14H19N7O3S2/c1-7-5-10(25-21-7)20-14-11(13(16)23)17-6-9(19-14)18-8(12(15)22)3-4-26(2)24/h5-6,8H,3-4H2,1-2H3,(H2,15,22)(H2,16,23)(H2,18,19,20). The summed E-state index contributed by atoms with van der Waals surface area (Å²) in [6.45, 7) is 1.83. The number of anilines is 3. The second-order valence-corrected chi connectivity index (χ2v) is 7.80. The average molecular weight is 397 g/mol. The summed E-state index contributed by atoms with van der Waals surface area (Å²) >= 11 is 1.19. The predicted octanol–water partition coefficient (Wildman–Crippen LogP) is 0.118. The monoisotopic (exact) mass is 397 g/mol. The number of nitrogens with two attached hydrogens (primary N) is 2. The summed E-state index contributed by atoms with van der Waals surface area (Å²) in [5, 5.41) is 6.45. The minimum atomic E-state index is -1.06. The summed E-state index contributed by atoms with van der Waals surface area (Å²) in [5.41, 5.74) is 11.5. The summed E-state index contributed by atoms with van der Waals surface area (Å²) in [7, 11) is -1.06. The fraction of sp³-hybridized carbons (Fsp3) is 0.357. The molecule has 0 aliphatic heterocycles. The predicted molar refractivity (Wildman–Crippen MR) is 101 cm³/mol. The van der Waals surface area contributed by atoms with E-state index in [9.17, 15) is 13.8 Å². The van der Waals surface area contributed by atoms with E-state index in [0.717, 1.165) is 5.69 Å². The maximum atomic E-state index is 11.6. The van der Waals surface area contributed by atoms with Gasteiger partial charge in [0.1, 0.15) is 16.9 Å². The molecule has 140 valence electrons. The Labute approximate surface area is 156 Å². The van der Waals surface area contributed by atoms with E-state index < -0.39 is 28.7 Å². The quantitative estimate of drug-likeness (QED) is 0.463. The lowest BCUT2D eigenvalue weighted by atomic mass is 10.2. The molecule has 0 saturated carbocycles. The first-order valence-electron chi connectivity index (χ1n) is 7.49. The Morgan fingerprint density at radius 2 is 2.12 bits per heavy atom. The Morgan fingerprint density at radius 3 is 2.65 bits per heavy atom. The van der Waals surface area contributed by atoms with Crippen molar-refractivity contribution in [3.8, 4) is 0 Å². The molecule has 26 heavy (non-hydrogen) atoms. The molecular formula is C14H19N7O3S2. The molecule has 0 spiro atoms. The minimum Gasteiger partial charge on any atom is -0.368 e. The lowest BCUT2D eigenvalue weighted by molar-refractivity contribution is -0.118. The van der Waals surface area contributed by atoms with Crippen LogP contribution in [0, 0.1) is 6.92 Å². The highest BCUT2D eigenvalue weighted by Crippen LogP contribution is 2.23. The molecule has 0 aromatic carbocycles. The van der Waals surface area contributed by atoms with Crippen molar-refractivity contribution < 1.29 is 13.8 Å². The van der Waals surface area contributed by atoms with E-state index in [-0.39, 0.29) is 23.8 Å². The van der Waals surface area contributed by atoms with Crippen molar-refractivity contribution in [3.05, 3.63) is 23.7 Å². The van der Waals surface area contributed by atoms with Gasteiger partial charge in [-0.1, -0.05) is 0 Å². The van der Waals surface area contributed by atoms with E-state index in [4.69, 9.17) is 11.5 Å². The molecular weight excluding hydrogens is 378 g/mol. The molecule has 0 aliphatic rings. The number of carbonyl (C=O) groups is 2. The van der Waals surface area contributed by atoms with Gasteiger partial charge in [-0.2, -0.15) is 4.37 Å². The number of amides is 2. The Kier molecular flexibility index (Phi) is 6.58.